The number of ether oxygens (including phenoxy) is 1. The molecule has 3 aromatic carbocycles. The van der Waals surface area contributed by atoms with Crippen molar-refractivity contribution < 1.29 is 17.9 Å². The van der Waals surface area contributed by atoms with Crippen LogP contribution in [0.5, 0.6) is 5.75 Å². The third-order valence-corrected chi connectivity index (χ3v) is 6.40. The van der Waals surface area contributed by atoms with Gasteiger partial charge < -0.3 is 10.1 Å². The molecule has 0 aliphatic rings. The van der Waals surface area contributed by atoms with E-state index >= 15 is 0 Å². The second-order valence-electron chi connectivity index (χ2n) is 7.32. The molecule has 0 spiro atoms. The number of hydrogen-bond donors (Lipinski definition) is 2. The first-order valence-electron chi connectivity index (χ1n) is 9.89. The van der Waals surface area contributed by atoms with Gasteiger partial charge in [-0.3, -0.25) is 4.79 Å². The summed E-state index contributed by atoms with van der Waals surface area (Å²) in [4.78, 5) is 12.4. The van der Waals surface area contributed by atoms with Crippen LogP contribution in [-0.4, -0.2) is 20.9 Å². The van der Waals surface area contributed by atoms with Crippen LogP contribution in [0.3, 0.4) is 0 Å². The number of nitrogens with one attached hydrogen (secondary N) is 2. The Bertz CT molecular complexity index is 1180. The highest BCUT2D eigenvalue weighted by molar-refractivity contribution is 7.89. The standard InChI is InChI=1S/C24H26N2O4S/c1-17-8-7-11-22(19(17)3)26-24(27)16-30-23-13-12-21(14-18(23)2)31(28,29)25-15-20-9-5-4-6-10-20/h4-14,25H,15-16H2,1-3H3,(H,26,27). The lowest BCUT2D eigenvalue weighted by Crippen LogP contribution is -2.23. The zero-order chi connectivity index (χ0) is 22.4. The molecule has 0 aliphatic carbocycles. The van der Waals surface area contributed by atoms with Crippen LogP contribution in [0.15, 0.2) is 71.6 Å². The van der Waals surface area contributed by atoms with Crippen molar-refractivity contribution in [3.63, 3.8) is 0 Å². The van der Waals surface area contributed by atoms with E-state index in [2.05, 4.69) is 10.0 Å². The summed E-state index contributed by atoms with van der Waals surface area (Å²) in [5, 5.41) is 2.84. The summed E-state index contributed by atoms with van der Waals surface area (Å²) in [6, 6.07) is 19.6. The first kappa shape index (κ1) is 22.5. The maximum Gasteiger partial charge on any atom is 0.262 e. The third kappa shape index (κ3) is 5.93. The lowest BCUT2D eigenvalue weighted by atomic mass is 10.1. The molecular weight excluding hydrogens is 412 g/mol. The zero-order valence-electron chi connectivity index (χ0n) is 17.8. The van der Waals surface area contributed by atoms with E-state index in [4.69, 9.17) is 4.74 Å². The van der Waals surface area contributed by atoms with Crippen molar-refractivity contribution in [3.8, 4) is 5.75 Å². The maximum atomic E-state index is 12.6. The van der Waals surface area contributed by atoms with Gasteiger partial charge in [0.15, 0.2) is 6.61 Å². The highest BCUT2D eigenvalue weighted by Crippen LogP contribution is 2.22. The number of benzene rings is 3. The molecule has 2 N–H and O–H groups in total. The van der Waals surface area contributed by atoms with E-state index in [0.29, 0.717) is 11.3 Å². The van der Waals surface area contributed by atoms with Gasteiger partial charge in [-0.05, 0) is 67.3 Å². The van der Waals surface area contributed by atoms with Gasteiger partial charge >= 0.3 is 0 Å². The van der Waals surface area contributed by atoms with E-state index in [9.17, 15) is 13.2 Å². The molecule has 3 rings (SSSR count). The minimum absolute atomic E-state index is 0.146. The number of carbonyl (C=O) groups excluding carboxylic acids is 1. The van der Waals surface area contributed by atoms with Crippen molar-refractivity contribution in [1.82, 2.24) is 4.72 Å². The predicted molar refractivity (Wildman–Crippen MR) is 122 cm³/mol. The van der Waals surface area contributed by atoms with Crippen molar-refractivity contribution in [2.24, 2.45) is 0 Å². The Labute approximate surface area is 183 Å². The number of carbonyl (C=O) groups is 1. The summed E-state index contributed by atoms with van der Waals surface area (Å²) >= 11 is 0. The van der Waals surface area contributed by atoms with Crippen LogP contribution in [0.2, 0.25) is 0 Å². The molecule has 6 nitrogen and oxygen atoms in total. The van der Waals surface area contributed by atoms with E-state index in [1.165, 1.54) is 12.1 Å². The van der Waals surface area contributed by atoms with Crippen LogP contribution in [0, 0.1) is 20.8 Å². The maximum absolute atomic E-state index is 12.6. The largest absolute Gasteiger partial charge is 0.483 e. The van der Waals surface area contributed by atoms with Gasteiger partial charge in [-0.15, -0.1) is 0 Å². The fraction of sp³-hybridized carbons (Fsp3) is 0.208. The fourth-order valence-corrected chi connectivity index (χ4v) is 4.13. The Kier molecular flexibility index (Phi) is 7.09. The molecule has 3 aromatic rings. The van der Waals surface area contributed by atoms with Crippen LogP contribution in [-0.2, 0) is 21.4 Å². The van der Waals surface area contributed by atoms with E-state index in [1.54, 1.807) is 13.0 Å². The van der Waals surface area contributed by atoms with E-state index in [1.807, 2.05) is 62.4 Å². The van der Waals surface area contributed by atoms with Crippen molar-refractivity contribution >= 4 is 21.6 Å². The quantitative estimate of drug-likeness (QED) is 0.554. The summed E-state index contributed by atoms with van der Waals surface area (Å²) in [7, 11) is -3.66. The van der Waals surface area contributed by atoms with Crippen molar-refractivity contribution in [2.75, 3.05) is 11.9 Å². The smallest absolute Gasteiger partial charge is 0.262 e. The monoisotopic (exact) mass is 438 g/mol. The summed E-state index contributed by atoms with van der Waals surface area (Å²) < 4.78 is 33.4. The molecule has 31 heavy (non-hydrogen) atoms. The summed E-state index contributed by atoms with van der Waals surface area (Å²) in [6.07, 6.45) is 0. The normalized spacial score (nSPS) is 11.2. The van der Waals surface area contributed by atoms with Gasteiger partial charge in [0.25, 0.3) is 5.91 Å². The molecule has 0 unspecified atom stereocenters. The first-order chi connectivity index (χ1) is 14.8. The second kappa shape index (κ2) is 9.76. The summed E-state index contributed by atoms with van der Waals surface area (Å²) in [5.74, 6) is 0.174. The first-order valence-corrected chi connectivity index (χ1v) is 11.4. The zero-order valence-corrected chi connectivity index (χ0v) is 18.6. The number of aryl methyl sites for hydroxylation is 2. The highest BCUT2D eigenvalue weighted by Gasteiger charge is 2.16. The summed E-state index contributed by atoms with van der Waals surface area (Å²) in [5.41, 5.74) is 4.34. The van der Waals surface area contributed by atoms with Crippen LogP contribution >= 0.6 is 0 Å². The minimum atomic E-state index is -3.66. The second-order valence-corrected chi connectivity index (χ2v) is 9.09. The molecule has 0 atom stereocenters. The van der Waals surface area contributed by atoms with E-state index < -0.39 is 10.0 Å². The Morgan fingerprint density at radius 3 is 2.35 bits per heavy atom. The van der Waals surface area contributed by atoms with Gasteiger partial charge in [-0.25, -0.2) is 13.1 Å². The highest BCUT2D eigenvalue weighted by atomic mass is 32.2. The molecule has 0 heterocycles. The Balaban J connectivity index is 1.61. The molecule has 0 saturated heterocycles. The van der Waals surface area contributed by atoms with Gasteiger partial charge in [-0.1, -0.05) is 42.5 Å². The molecular formula is C24H26N2O4S. The Morgan fingerprint density at radius 2 is 1.65 bits per heavy atom. The van der Waals surface area contributed by atoms with Gasteiger partial charge in [0.2, 0.25) is 10.0 Å². The van der Waals surface area contributed by atoms with Crippen LogP contribution in [0.25, 0.3) is 0 Å². The molecule has 0 radical (unpaired) electrons. The molecule has 0 aliphatic heterocycles. The molecule has 162 valence electrons. The van der Waals surface area contributed by atoms with Crippen molar-refractivity contribution in [1.29, 1.82) is 0 Å². The average molecular weight is 439 g/mol. The SMILES string of the molecule is Cc1cc(S(=O)(=O)NCc2ccccc2)ccc1OCC(=O)Nc1cccc(C)c1C. The molecule has 0 aromatic heterocycles. The number of rotatable bonds is 8. The predicted octanol–water partition coefficient (Wildman–Crippen LogP) is 4.11. The van der Waals surface area contributed by atoms with Crippen LogP contribution < -0.4 is 14.8 Å². The lowest BCUT2D eigenvalue weighted by molar-refractivity contribution is -0.118. The summed E-state index contributed by atoms with van der Waals surface area (Å²) in [6.45, 7) is 5.70. The van der Waals surface area contributed by atoms with Gasteiger partial charge in [0.05, 0.1) is 4.90 Å². The number of amides is 1. The fourth-order valence-electron chi connectivity index (χ4n) is 3.02. The van der Waals surface area contributed by atoms with Gasteiger partial charge in [-0.2, -0.15) is 0 Å². The van der Waals surface area contributed by atoms with Crippen molar-refractivity contribution in [2.45, 2.75) is 32.2 Å². The molecule has 0 bridgehead atoms. The van der Waals surface area contributed by atoms with E-state index in [-0.39, 0.29) is 24.0 Å². The molecule has 0 fully saturated rings. The van der Waals surface area contributed by atoms with Gasteiger partial charge in [0.1, 0.15) is 5.75 Å². The lowest BCUT2D eigenvalue weighted by Gasteiger charge is -2.13. The molecule has 1 amide bonds. The third-order valence-electron chi connectivity index (χ3n) is 5.00. The average Bonchev–Trinajstić information content (AvgIpc) is 2.75. The number of anilines is 1. The van der Waals surface area contributed by atoms with E-state index in [0.717, 1.165) is 22.4 Å². The Morgan fingerprint density at radius 1 is 0.903 bits per heavy atom. The topological polar surface area (TPSA) is 84.5 Å². The van der Waals surface area contributed by atoms with Gasteiger partial charge in [0, 0.05) is 12.2 Å². The number of sulfonamides is 1. The Hall–Kier alpha value is -3.16. The van der Waals surface area contributed by atoms with Crippen LogP contribution in [0.4, 0.5) is 5.69 Å². The minimum Gasteiger partial charge on any atom is -0.483 e. The molecule has 0 saturated carbocycles. The van der Waals surface area contributed by atoms with Crippen molar-refractivity contribution in [3.05, 3.63) is 89.0 Å². The number of hydrogen-bond acceptors (Lipinski definition) is 4. The molecule has 7 heteroatoms. The van der Waals surface area contributed by atoms with Crippen LogP contribution in [0.1, 0.15) is 22.3 Å².